The number of rotatable bonds is 11. The SMILES string of the molecule is CCCCSc1ccc2c(c1)OCC(C(O)CNC1CCN(C(C(N)=O)c3c(C)cccc3C)CC1)O2. The van der Waals surface area contributed by atoms with E-state index in [4.69, 9.17) is 15.2 Å². The monoisotopic (exact) mass is 527 g/mol. The van der Waals surface area contributed by atoms with Crippen molar-refractivity contribution in [1.29, 1.82) is 0 Å². The number of primary amides is 1. The Morgan fingerprint density at radius 3 is 2.59 bits per heavy atom. The molecule has 0 spiro atoms. The summed E-state index contributed by atoms with van der Waals surface area (Å²) in [5, 5.41) is 14.3. The van der Waals surface area contributed by atoms with Gasteiger partial charge in [-0.2, -0.15) is 0 Å². The van der Waals surface area contributed by atoms with Crippen LogP contribution in [0.3, 0.4) is 0 Å². The lowest BCUT2D eigenvalue weighted by Crippen LogP contribution is -2.50. The van der Waals surface area contributed by atoms with Gasteiger partial charge in [-0.05, 0) is 73.8 Å². The molecule has 0 bridgehead atoms. The summed E-state index contributed by atoms with van der Waals surface area (Å²) in [6, 6.07) is 12.0. The van der Waals surface area contributed by atoms with E-state index in [0.29, 0.717) is 18.9 Å². The minimum absolute atomic E-state index is 0.261. The summed E-state index contributed by atoms with van der Waals surface area (Å²) in [4.78, 5) is 15.8. The van der Waals surface area contributed by atoms with E-state index in [1.165, 1.54) is 17.7 Å². The standard InChI is InChI=1S/C29H41N3O4S/c1-4-5-15-37-22-9-10-24-25(16-22)35-18-26(36-24)23(33)17-31-21-11-13-32(14-12-21)28(29(30)34)27-19(2)7-6-8-20(27)3/h6-10,16,21,23,26,28,31,33H,4-5,11-15,17-18H2,1-3H3,(H2,30,34). The topological polar surface area (TPSA) is 97.0 Å². The molecule has 3 atom stereocenters. The third-order valence-corrected chi connectivity index (χ3v) is 8.47. The quantitative estimate of drug-likeness (QED) is 0.300. The fraction of sp³-hybridized carbons (Fsp3) is 0.552. The first-order valence-corrected chi connectivity index (χ1v) is 14.4. The lowest BCUT2D eigenvalue weighted by atomic mass is 9.92. The number of piperidine rings is 1. The van der Waals surface area contributed by atoms with Crippen molar-refractivity contribution in [3.05, 3.63) is 53.1 Å². The number of nitrogens with two attached hydrogens (primary N) is 1. The second-order valence-corrected chi connectivity index (χ2v) is 11.3. The first-order valence-electron chi connectivity index (χ1n) is 13.4. The Balaban J connectivity index is 1.26. The first-order chi connectivity index (χ1) is 17.9. The Morgan fingerprint density at radius 2 is 1.92 bits per heavy atom. The van der Waals surface area contributed by atoms with Crippen LogP contribution < -0.4 is 20.5 Å². The lowest BCUT2D eigenvalue weighted by molar-refractivity contribution is -0.124. The third kappa shape index (κ3) is 6.99. The fourth-order valence-corrected chi connectivity index (χ4v) is 6.25. The molecule has 7 nitrogen and oxygen atoms in total. The maximum atomic E-state index is 12.4. The molecule has 4 N–H and O–H groups in total. The number of aryl methyl sites for hydroxylation is 2. The number of carbonyl (C=O) groups excluding carboxylic acids is 1. The summed E-state index contributed by atoms with van der Waals surface area (Å²) in [6.45, 7) is 8.56. The number of thioether (sulfide) groups is 1. The highest BCUT2D eigenvalue weighted by atomic mass is 32.2. The summed E-state index contributed by atoms with van der Waals surface area (Å²) >= 11 is 1.83. The second kappa shape index (κ2) is 13.0. The Morgan fingerprint density at radius 1 is 1.19 bits per heavy atom. The molecule has 0 radical (unpaired) electrons. The number of fused-ring (bicyclic) bond motifs is 1. The average molecular weight is 528 g/mol. The number of aliphatic hydroxyl groups excluding tert-OH is 1. The molecule has 2 aromatic carbocycles. The van der Waals surface area contributed by atoms with Crippen LogP contribution in [0, 0.1) is 13.8 Å². The van der Waals surface area contributed by atoms with Crippen molar-refractivity contribution in [1.82, 2.24) is 10.2 Å². The molecule has 8 heteroatoms. The van der Waals surface area contributed by atoms with Crippen LogP contribution >= 0.6 is 11.8 Å². The number of benzene rings is 2. The Hall–Kier alpha value is -2.26. The van der Waals surface area contributed by atoms with Crippen LogP contribution in [0.2, 0.25) is 0 Å². The van der Waals surface area contributed by atoms with Crippen molar-refractivity contribution >= 4 is 17.7 Å². The van der Waals surface area contributed by atoms with Crippen molar-refractivity contribution in [3.63, 3.8) is 0 Å². The van der Waals surface area contributed by atoms with Gasteiger partial charge in [-0.1, -0.05) is 31.5 Å². The zero-order chi connectivity index (χ0) is 26.4. The number of likely N-dealkylation sites (tertiary alicyclic amines) is 1. The largest absolute Gasteiger partial charge is 0.486 e. The van der Waals surface area contributed by atoms with Crippen molar-refractivity contribution in [3.8, 4) is 11.5 Å². The van der Waals surface area contributed by atoms with E-state index in [2.05, 4.69) is 23.2 Å². The molecule has 2 heterocycles. The number of nitrogens with one attached hydrogen (secondary N) is 1. The van der Waals surface area contributed by atoms with E-state index in [0.717, 1.165) is 54.1 Å². The molecular formula is C29H41N3O4S. The Kier molecular flexibility index (Phi) is 9.76. The highest BCUT2D eigenvalue weighted by Gasteiger charge is 2.33. The highest BCUT2D eigenvalue weighted by Crippen LogP contribution is 2.36. The van der Waals surface area contributed by atoms with E-state index in [-0.39, 0.29) is 11.9 Å². The zero-order valence-corrected chi connectivity index (χ0v) is 23.1. The van der Waals surface area contributed by atoms with Gasteiger partial charge in [0.15, 0.2) is 17.6 Å². The summed E-state index contributed by atoms with van der Waals surface area (Å²) in [6.07, 6.45) is 3.04. The molecule has 2 aliphatic rings. The number of ether oxygens (including phenoxy) is 2. The molecule has 37 heavy (non-hydrogen) atoms. The van der Waals surface area contributed by atoms with E-state index in [1.54, 1.807) is 0 Å². The molecule has 0 aliphatic carbocycles. The van der Waals surface area contributed by atoms with Crippen LogP contribution in [0.25, 0.3) is 0 Å². The van der Waals surface area contributed by atoms with Crippen LogP contribution in [-0.4, -0.2) is 66.2 Å². The van der Waals surface area contributed by atoms with Crippen LogP contribution in [0.15, 0.2) is 41.3 Å². The number of aliphatic hydroxyl groups is 1. The number of unbranched alkanes of at least 4 members (excludes halogenated alkanes) is 1. The van der Waals surface area contributed by atoms with Gasteiger partial charge in [0.05, 0.1) is 0 Å². The van der Waals surface area contributed by atoms with Crippen LogP contribution in [0.1, 0.15) is 55.3 Å². The van der Waals surface area contributed by atoms with E-state index < -0.39 is 18.2 Å². The molecule has 4 rings (SSSR count). The molecular weight excluding hydrogens is 486 g/mol. The van der Waals surface area contributed by atoms with Gasteiger partial charge in [-0.25, -0.2) is 0 Å². The van der Waals surface area contributed by atoms with Crippen molar-refractivity contribution in [2.75, 3.05) is 32.0 Å². The number of carbonyl (C=O) groups is 1. The predicted octanol–water partition coefficient (Wildman–Crippen LogP) is 3.98. The second-order valence-electron chi connectivity index (χ2n) is 10.2. The molecule has 3 unspecified atom stereocenters. The molecule has 1 amide bonds. The van der Waals surface area contributed by atoms with Gasteiger partial charge < -0.3 is 25.6 Å². The number of hydrogen-bond acceptors (Lipinski definition) is 7. The fourth-order valence-electron chi connectivity index (χ4n) is 5.23. The van der Waals surface area contributed by atoms with Crippen molar-refractivity contribution in [2.45, 2.75) is 75.6 Å². The highest BCUT2D eigenvalue weighted by molar-refractivity contribution is 7.99. The van der Waals surface area contributed by atoms with Gasteiger partial charge in [-0.3, -0.25) is 9.69 Å². The van der Waals surface area contributed by atoms with E-state index in [9.17, 15) is 9.90 Å². The molecule has 0 aromatic heterocycles. The molecule has 202 valence electrons. The first kappa shape index (κ1) is 27.8. The van der Waals surface area contributed by atoms with E-state index >= 15 is 0 Å². The van der Waals surface area contributed by atoms with Gasteiger partial charge in [-0.15, -0.1) is 11.8 Å². The average Bonchev–Trinajstić information content (AvgIpc) is 2.89. The Bertz CT molecular complexity index is 1040. The minimum Gasteiger partial charge on any atom is -0.486 e. The van der Waals surface area contributed by atoms with Crippen LogP contribution in [0.5, 0.6) is 11.5 Å². The number of hydrogen-bond donors (Lipinski definition) is 3. The van der Waals surface area contributed by atoms with Gasteiger partial charge in [0.2, 0.25) is 5.91 Å². The predicted molar refractivity (Wildman–Crippen MR) is 148 cm³/mol. The zero-order valence-electron chi connectivity index (χ0n) is 22.2. The minimum atomic E-state index is -0.683. The molecule has 1 fully saturated rings. The van der Waals surface area contributed by atoms with Gasteiger partial charge in [0.1, 0.15) is 18.8 Å². The lowest BCUT2D eigenvalue weighted by Gasteiger charge is -2.38. The van der Waals surface area contributed by atoms with Crippen LogP contribution in [0.4, 0.5) is 0 Å². The van der Waals surface area contributed by atoms with Gasteiger partial charge in [0.25, 0.3) is 0 Å². The Labute approximate surface area is 225 Å². The van der Waals surface area contributed by atoms with Crippen molar-refractivity contribution in [2.24, 2.45) is 5.73 Å². The van der Waals surface area contributed by atoms with Crippen molar-refractivity contribution < 1.29 is 19.4 Å². The summed E-state index contributed by atoms with van der Waals surface area (Å²) < 4.78 is 12.0. The summed E-state index contributed by atoms with van der Waals surface area (Å²) in [7, 11) is 0. The normalized spacial score (nSPS) is 19.9. The van der Waals surface area contributed by atoms with Crippen LogP contribution in [-0.2, 0) is 4.79 Å². The molecule has 0 saturated carbocycles. The van der Waals surface area contributed by atoms with Gasteiger partial charge in [0, 0.05) is 30.6 Å². The summed E-state index contributed by atoms with van der Waals surface area (Å²) in [5.74, 6) is 2.22. The number of nitrogens with zero attached hydrogens (tertiary/aromatic N) is 1. The third-order valence-electron chi connectivity index (χ3n) is 7.39. The smallest absolute Gasteiger partial charge is 0.239 e. The van der Waals surface area contributed by atoms with E-state index in [1.807, 2.05) is 55.9 Å². The number of amides is 1. The molecule has 2 aromatic rings. The molecule has 1 saturated heterocycles. The maximum absolute atomic E-state index is 12.4. The molecule has 2 aliphatic heterocycles. The summed E-state index contributed by atoms with van der Waals surface area (Å²) in [5.41, 5.74) is 9.08. The van der Waals surface area contributed by atoms with Gasteiger partial charge >= 0.3 is 0 Å². The maximum Gasteiger partial charge on any atom is 0.239 e.